The van der Waals surface area contributed by atoms with Crippen molar-refractivity contribution in [3.63, 3.8) is 0 Å². The number of nitrogens with one attached hydrogen (secondary N) is 2. The first-order chi connectivity index (χ1) is 8.31. The lowest BCUT2D eigenvalue weighted by Gasteiger charge is -2.12. The van der Waals surface area contributed by atoms with Gasteiger partial charge in [0.15, 0.2) is 0 Å². The van der Waals surface area contributed by atoms with Crippen LogP contribution in [0.15, 0.2) is 0 Å². The van der Waals surface area contributed by atoms with Crippen molar-refractivity contribution >= 4 is 11.9 Å². The van der Waals surface area contributed by atoms with Crippen LogP contribution in [0.4, 0.5) is 11.9 Å². The number of nitrogens with zero attached hydrogens (tertiary/aromatic N) is 3. The average molecular weight is 239 g/mol. The topological polar surface area (TPSA) is 81.2 Å². The Labute approximate surface area is 100.0 Å². The van der Waals surface area contributed by atoms with Crippen molar-refractivity contribution in [1.82, 2.24) is 15.0 Å². The number of hydrogen-bond donors (Lipinski definition) is 2. The van der Waals surface area contributed by atoms with E-state index < -0.39 is 0 Å². The van der Waals surface area contributed by atoms with Crippen molar-refractivity contribution in [1.29, 1.82) is 0 Å². The molecule has 1 saturated heterocycles. The molecule has 2 N–H and O–H groups in total. The summed E-state index contributed by atoms with van der Waals surface area (Å²) < 4.78 is 10.6. The predicted molar refractivity (Wildman–Crippen MR) is 63.4 cm³/mol. The van der Waals surface area contributed by atoms with Crippen LogP contribution in [0, 0.1) is 0 Å². The predicted octanol–water partition coefficient (Wildman–Crippen LogP) is 0.513. The number of rotatable bonds is 5. The molecular weight excluding hydrogens is 222 g/mol. The normalized spacial score (nSPS) is 19.1. The summed E-state index contributed by atoms with van der Waals surface area (Å²) >= 11 is 0. The van der Waals surface area contributed by atoms with E-state index in [0.29, 0.717) is 31.1 Å². The van der Waals surface area contributed by atoms with E-state index in [1.165, 1.54) is 0 Å². The van der Waals surface area contributed by atoms with Crippen LogP contribution in [0.2, 0.25) is 0 Å². The van der Waals surface area contributed by atoms with E-state index in [1.54, 1.807) is 7.05 Å². The molecule has 0 amide bonds. The third-order valence-corrected chi connectivity index (χ3v) is 2.37. The van der Waals surface area contributed by atoms with Gasteiger partial charge >= 0.3 is 6.01 Å². The Morgan fingerprint density at radius 1 is 1.35 bits per heavy atom. The highest BCUT2D eigenvalue weighted by molar-refractivity contribution is 5.36. The summed E-state index contributed by atoms with van der Waals surface area (Å²) in [5, 5.41) is 6.08. The van der Waals surface area contributed by atoms with Crippen LogP contribution in [-0.4, -0.2) is 47.9 Å². The standard InChI is InChI=1S/C10H17N5O2/c1-3-17-10-14-8(11-2)13-9(15-10)12-7-4-5-16-6-7/h7H,3-6H2,1-2H3,(H2,11,12,13,14,15). The van der Waals surface area contributed by atoms with Gasteiger partial charge in [0.1, 0.15) is 0 Å². The Bertz CT molecular complexity index is 368. The van der Waals surface area contributed by atoms with Gasteiger partial charge in [0.05, 0.1) is 19.3 Å². The molecule has 0 bridgehead atoms. The highest BCUT2D eigenvalue weighted by Crippen LogP contribution is 2.14. The Hall–Kier alpha value is -1.63. The van der Waals surface area contributed by atoms with Gasteiger partial charge < -0.3 is 20.1 Å². The van der Waals surface area contributed by atoms with Crippen molar-refractivity contribution in [2.24, 2.45) is 0 Å². The lowest BCUT2D eigenvalue weighted by atomic mass is 10.3. The zero-order chi connectivity index (χ0) is 12.1. The number of aromatic nitrogens is 3. The van der Waals surface area contributed by atoms with E-state index in [4.69, 9.17) is 9.47 Å². The Morgan fingerprint density at radius 3 is 2.82 bits per heavy atom. The Balaban J connectivity index is 2.10. The molecule has 0 saturated carbocycles. The molecule has 1 atom stereocenters. The Kier molecular flexibility index (Phi) is 3.92. The molecule has 0 aromatic carbocycles. The molecule has 0 radical (unpaired) electrons. The quantitative estimate of drug-likeness (QED) is 0.774. The monoisotopic (exact) mass is 239 g/mol. The van der Waals surface area contributed by atoms with Crippen LogP contribution in [0.3, 0.4) is 0 Å². The van der Waals surface area contributed by atoms with Crippen LogP contribution in [-0.2, 0) is 4.74 Å². The highest BCUT2D eigenvalue weighted by atomic mass is 16.5. The van der Waals surface area contributed by atoms with Gasteiger partial charge in [0.25, 0.3) is 0 Å². The van der Waals surface area contributed by atoms with E-state index in [2.05, 4.69) is 25.6 Å². The number of anilines is 2. The minimum Gasteiger partial charge on any atom is -0.464 e. The van der Waals surface area contributed by atoms with Crippen LogP contribution < -0.4 is 15.4 Å². The minimum absolute atomic E-state index is 0.261. The molecule has 1 unspecified atom stereocenters. The van der Waals surface area contributed by atoms with Gasteiger partial charge in [-0.1, -0.05) is 0 Å². The molecule has 0 aliphatic carbocycles. The summed E-state index contributed by atoms with van der Waals surface area (Å²) in [6.07, 6.45) is 0.963. The fourth-order valence-electron chi connectivity index (χ4n) is 1.56. The summed E-state index contributed by atoms with van der Waals surface area (Å²) in [5.41, 5.74) is 0. The molecular formula is C10H17N5O2. The van der Waals surface area contributed by atoms with Crippen molar-refractivity contribution in [3.05, 3.63) is 0 Å². The van der Waals surface area contributed by atoms with E-state index in [1.807, 2.05) is 6.92 Å². The van der Waals surface area contributed by atoms with Gasteiger partial charge in [0, 0.05) is 13.7 Å². The second-order valence-corrected chi connectivity index (χ2v) is 3.65. The van der Waals surface area contributed by atoms with Gasteiger partial charge in [-0.3, -0.25) is 0 Å². The van der Waals surface area contributed by atoms with E-state index >= 15 is 0 Å². The van der Waals surface area contributed by atoms with Crippen LogP contribution in [0.1, 0.15) is 13.3 Å². The summed E-state index contributed by atoms with van der Waals surface area (Å²) in [6, 6.07) is 0.588. The molecule has 0 spiro atoms. The lowest BCUT2D eigenvalue weighted by Crippen LogP contribution is -2.21. The second-order valence-electron chi connectivity index (χ2n) is 3.65. The fourth-order valence-corrected chi connectivity index (χ4v) is 1.56. The van der Waals surface area contributed by atoms with Gasteiger partial charge in [-0.2, -0.15) is 15.0 Å². The lowest BCUT2D eigenvalue weighted by molar-refractivity contribution is 0.195. The first kappa shape index (κ1) is 11.8. The minimum atomic E-state index is 0.261. The first-order valence-electron chi connectivity index (χ1n) is 5.72. The van der Waals surface area contributed by atoms with Crippen LogP contribution in [0.5, 0.6) is 6.01 Å². The fraction of sp³-hybridized carbons (Fsp3) is 0.700. The SMILES string of the molecule is CCOc1nc(NC)nc(NC2CCOC2)n1. The zero-order valence-electron chi connectivity index (χ0n) is 10.1. The first-order valence-corrected chi connectivity index (χ1v) is 5.72. The van der Waals surface area contributed by atoms with Crippen LogP contribution >= 0.6 is 0 Å². The van der Waals surface area contributed by atoms with E-state index in [9.17, 15) is 0 Å². The van der Waals surface area contributed by atoms with Gasteiger partial charge in [-0.05, 0) is 13.3 Å². The third-order valence-electron chi connectivity index (χ3n) is 2.37. The molecule has 7 heteroatoms. The number of ether oxygens (including phenoxy) is 2. The van der Waals surface area contributed by atoms with Crippen molar-refractivity contribution in [2.75, 3.05) is 37.5 Å². The molecule has 94 valence electrons. The Morgan fingerprint density at radius 2 is 2.18 bits per heavy atom. The largest absolute Gasteiger partial charge is 0.464 e. The second kappa shape index (κ2) is 5.62. The van der Waals surface area contributed by atoms with Gasteiger partial charge in [-0.15, -0.1) is 0 Å². The number of hydrogen-bond acceptors (Lipinski definition) is 7. The molecule has 1 aromatic heterocycles. The van der Waals surface area contributed by atoms with E-state index in [-0.39, 0.29) is 6.04 Å². The molecule has 17 heavy (non-hydrogen) atoms. The van der Waals surface area contributed by atoms with Crippen molar-refractivity contribution in [3.8, 4) is 6.01 Å². The molecule has 7 nitrogen and oxygen atoms in total. The average Bonchev–Trinajstić information content (AvgIpc) is 2.82. The maximum Gasteiger partial charge on any atom is 0.323 e. The summed E-state index contributed by atoms with van der Waals surface area (Å²) in [6.45, 7) is 3.88. The van der Waals surface area contributed by atoms with Gasteiger partial charge in [0.2, 0.25) is 11.9 Å². The summed E-state index contributed by atoms with van der Waals surface area (Å²) in [5.74, 6) is 1.01. The zero-order valence-corrected chi connectivity index (χ0v) is 10.1. The maximum absolute atomic E-state index is 5.28. The van der Waals surface area contributed by atoms with Gasteiger partial charge in [-0.25, -0.2) is 0 Å². The molecule has 1 aliphatic heterocycles. The van der Waals surface area contributed by atoms with Crippen LogP contribution in [0.25, 0.3) is 0 Å². The summed E-state index contributed by atoms with van der Waals surface area (Å²) in [4.78, 5) is 12.5. The van der Waals surface area contributed by atoms with Crippen molar-refractivity contribution in [2.45, 2.75) is 19.4 Å². The smallest absolute Gasteiger partial charge is 0.323 e. The maximum atomic E-state index is 5.28. The molecule has 1 fully saturated rings. The molecule has 1 aromatic rings. The summed E-state index contributed by atoms with van der Waals surface area (Å²) in [7, 11) is 1.76. The molecule has 1 aliphatic rings. The molecule has 2 heterocycles. The molecule has 2 rings (SSSR count). The third kappa shape index (κ3) is 3.16. The van der Waals surface area contributed by atoms with Crippen molar-refractivity contribution < 1.29 is 9.47 Å². The van der Waals surface area contributed by atoms with E-state index in [0.717, 1.165) is 13.0 Å². The highest BCUT2D eigenvalue weighted by Gasteiger charge is 2.17.